The lowest BCUT2D eigenvalue weighted by Gasteiger charge is -2.29. The molecule has 0 unspecified atom stereocenters. The highest BCUT2D eigenvalue weighted by Crippen LogP contribution is 2.14. The Hall–Kier alpha value is 0.600. The minimum Gasteiger partial charge on any atom is -1.00 e. The van der Waals surface area contributed by atoms with Crippen LogP contribution < -0.4 is 12.4 Å². The number of hydrogen-bond donors (Lipinski definition) is 1. The quantitative estimate of drug-likeness (QED) is 0.189. The Labute approximate surface area is 172 Å². The van der Waals surface area contributed by atoms with Crippen LogP contribution in [0.15, 0.2) is 0 Å². The van der Waals surface area contributed by atoms with E-state index in [1.54, 1.807) is 0 Å². The molecule has 0 spiro atoms. The molecule has 0 aromatic rings. The molecule has 0 rings (SSSR count). The third-order valence-electron chi connectivity index (χ3n) is 5.32. The largest absolute Gasteiger partial charge is 1.00 e. The van der Waals surface area contributed by atoms with Crippen LogP contribution in [0.2, 0.25) is 0 Å². The molecule has 0 aliphatic heterocycles. The lowest BCUT2D eigenvalue weighted by atomic mass is 10.0. The molecule has 0 bridgehead atoms. The van der Waals surface area contributed by atoms with Crippen LogP contribution in [0.3, 0.4) is 0 Å². The summed E-state index contributed by atoms with van der Waals surface area (Å²) in [5.41, 5.74) is 0. The van der Waals surface area contributed by atoms with Crippen LogP contribution >= 0.6 is 12.6 Å². The smallest absolute Gasteiger partial charge is 0.0871 e. The second kappa shape index (κ2) is 20.9. The first-order valence-corrected chi connectivity index (χ1v) is 11.7. The van der Waals surface area contributed by atoms with Gasteiger partial charge in [0.25, 0.3) is 0 Å². The number of hydrogen-bond acceptors (Lipinski definition) is 1. The van der Waals surface area contributed by atoms with Crippen molar-refractivity contribution in [3.8, 4) is 0 Å². The molecule has 0 radical (unpaired) electrons. The van der Waals surface area contributed by atoms with E-state index in [2.05, 4.69) is 33.6 Å². The Bertz CT molecular complexity index is 246. The van der Waals surface area contributed by atoms with Crippen LogP contribution in [-0.2, 0) is 0 Å². The highest BCUT2D eigenvalue weighted by molar-refractivity contribution is 7.80. The minimum atomic E-state index is 0. The second-order valence-corrected chi connectivity index (χ2v) is 8.86. The van der Waals surface area contributed by atoms with Crippen molar-refractivity contribution in [2.75, 3.05) is 32.9 Å². The molecule has 0 atom stereocenters. The monoisotopic (exact) mass is 393 g/mol. The van der Waals surface area contributed by atoms with E-state index in [0.717, 1.165) is 10.2 Å². The number of quaternary nitrogens is 1. The van der Waals surface area contributed by atoms with Gasteiger partial charge in [-0.1, -0.05) is 96.8 Å². The Morgan fingerprint density at radius 3 is 1.16 bits per heavy atom. The molecule has 1 nitrogen and oxygen atoms in total. The molecule has 3 heteroatoms. The van der Waals surface area contributed by atoms with Crippen LogP contribution in [-0.4, -0.2) is 37.4 Å². The molecule has 0 N–H and O–H groups in total. The molecule has 0 aromatic heterocycles. The summed E-state index contributed by atoms with van der Waals surface area (Å²) < 4.78 is 1.14. The van der Waals surface area contributed by atoms with Crippen LogP contribution in [0.4, 0.5) is 0 Å². The summed E-state index contributed by atoms with van der Waals surface area (Å²) in [5, 5.41) is 0. The van der Waals surface area contributed by atoms with Gasteiger partial charge in [0.1, 0.15) is 0 Å². The van der Waals surface area contributed by atoms with Crippen molar-refractivity contribution in [3.63, 3.8) is 0 Å². The zero-order chi connectivity index (χ0) is 17.9. The lowest BCUT2D eigenvalue weighted by molar-refractivity contribution is -0.888. The highest BCUT2D eigenvalue weighted by Gasteiger charge is 2.12. The normalized spacial score (nSPS) is 11.5. The number of halogens is 1. The van der Waals surface area contributed by atoms with Gasteiger partial charge in [-0.2, -0.15) is 12.6 Å². The summed E-state index contributed by atoms with van der Waals surface area (Å²) >= 11 is 4.35. The first-order valence-electron chi connectivity index (χ1n) is 11.1. The van der Waals surface area contributed by atoms with E-state index >= 15 is 0 Å². The van der Waals surface area contributed by atoms with Gasteiger partial charge >= 0.3 is 0 Å². The molecular weight excluding hydrogens is 346 g/mol. The molecule has 0 aliphatic rings. The van der Waals surface area contributed by atoms with E-state index in [-0.39, 0.29) is 12.4 Å². The number of thiol groups is 1. The summed E-state index contributed by atoms with van der Waals surface area (Å²) in [6.45, 7) is 4.81. The van der Waals surface area contributed by atoms with Crippen molar-refractivity contribution in [1.29, 1.82) is 0 Å². The molecule has 0 fully saturated rings. The van der Waals surface area contributed by atoms with Crippen LogP contribution in [0.1, 0.15) is 110 Å². The van der Waals surface area contributed by atoms with Gasteiger partial charge in [0.15, 0.2) is 0 Å². The Kier molecular flexibility index (Phi) is 23.3. The van der Waals surface area contributed by atoms with Crippen molar-refractivity contribution in [2.24, 2.45) is 0 Å². The van der Waals surface area contributed by atoms with Gasteiger partial charge in [0.05, 0.1) is 27.2 Å². The number of rotatable bonds is 19. The molecule has 154 valence electrons. The minimum absolute atomic E-state index is 0. The topological polar surface area (TPSA) is 0 Å². The molecule has 0 aromatic carbocycles. The van der Waals surface area contributed by atoms with Crippen molar-refractivity contribution < 1.29 is 16.9 Å². The van der Waals surface area contributed by atoms with Gasteiger partial charge in [-0.05, 0) is 12.8 Å². The van der Waals surface area contributed by atoms with Crippen LogP contribution in [0.5, 0.6) is 0 Å². The van der Waals surface area contributed by atoms with Crippen molar-refractivity contribution >= 4 is 12.6 Å². The predicted octanol–water partition coefficient (Wildman–Crippen LogP) is 4.26. The van der Waals surface area contributed by atoms with Crippen LogP contribution in [0, 0.1) is 0 Å². The lowest BCUT2D eigenvalue weighted by Crippen LogP contribution is -3.00. The number of unbranched alkanes of at least 4 members (excludes halogenated alkanes) is 15. The van der Waals surface area contributed by atoms with E-state index in [9.17, 15) is 0 Å². The molecule has 0 saturated heterocycles. The molecular formula is C22H48ClNS. The van der Waals surface area contributed by atoms with Gasteiger partial charge in [-0.25, -0.2) is 0 Å². The Morgan fingerprint density at radius 1 is 0.520 bits per heavy atom. The van der Waals surface area contributed by atoms with Gasteiger partial charge in [0, 0.05) is 5.75 Å². The van der Waals surface area contributed by atoms with E-state index in [0.29, 0.717) is 0 Å². The van der Waals surface area contributed by atoms with E-state index < -0.39 is 0 Å². The molecule has 0 saturated carbocycles. The molecule has 25 heavy (non-hydrogen) atoms. The second-order valence-electron chi connectivity index (χ2n) is 8.41. The summed E-state index contributed by atoms with van der Waals surface area (Å²) in [6.07, 6.45) is 23.2. The van der Waals surface area contributed by atoms with Gasteiger partial charge in [-0.15, -0.1) is 0 Å². The predicted molar refractivity (Wildman–Crippen MR) is 115 cm³/mol. The standard InChI is InChI=1S/C22H47NS.ClH/c1-4-5-6-7-8-9-10-11-12-13-14-15-16-17-18-19-20-23(2,3)21-22-24;/h4-22H2,1-3H3;1H. The fourth-order valence-electron chi connectivity index (χ4n) is 3.47. The average molecular weight is 394 g/mol. The molecule has 0 heterocycles. The maximum atomic E-state index is 4.35. The first kappa shape index (κ1) is 27.8. The number of nitrogens with zero attached hydrogens (tertiary/aromatic N) is 1. The van der Waals surface area contributed by atoms with E-state index in [1.807, 2.05) is 0 Å². The van der Waals surface area contributed by atoms with E-state index in [1.165, 1.54) is 116 Å². The summed E-state index contributed by atoms with van der Waals surface area (Å²) in [4.78, 5) is 0. The summed E-state index contributed by atoms with van der Waals surface area (Å²) in [5.74, 6) is 1.01. The average Bonchev–Trinajstić information content (AvgIpc) is 2.54. The van der Waals surface area contributed by atoms with Gasteiger partial charge < -0.3 is 16.9 Å². The Balaban J connectivity index is 0. The zero-order valence-corrected chi connectivity index (χ0v) is 19.4. The maximum Gasteiger partial charge on any atom is 0.0871 e. The van der Waals surface area contributed by atoms with Crippen molar-refractivity contribution in [3.05, 3.63) is 0 Å². The first-order chi connectivity index (χ1) is 11.6. The van der Waals surface area contributed by atoms with Crippen molar-refractivity contribution in [2.45, 2.75) is 110 Å². The van der Waals surface area contributed by atoms with Gasteiger partial charge in [0.2, 0.25) is 0 Å². The fourth-order valence-corrected chi connectivity index (χ4v) is 4.01. The maximum absolute atomic E-state index is 4.35. The fraction of sp³-hybridized carbons (Fsp3) is 1.00. The van der Waals surface area contributed by atoms with Crippen molar-refractivity contribution in [1.82, 2.24) is 0 Å². The third kappa shape index (κ3) is 22.6. The molecule has 0 amide bonds. The zero-order valence-electron chi connectivity index (χ0n) is 17.7. The van der Waals surface area contributed by atoms with Crippen LogP contribution in [0.25, 0.3) is 0 Å². The van der Waals surface area contributed by atoms with Gasteiger partial charge in [-0.3, -0.25) is 0 Å². The Morgan fingerprint density at radius 2 is 0.840 bits per heavy atom. The summed E-state index contributed by atoms with van der Waals surface area (Å²) in [6, 6.07) is 0. The third-order valence-corrected chi connectivity index (χ3v) is 5.52. The summed E-state index contributed by atoms with van der Waals surface area (Å²) in [7, 11) is 4.67. The van der Waals surface area contributed by atoms with E-state index in [4.69, 9.17) is 0 Å². The molecule has 0 aliphatic carbocycles. The SMILES string of the molecule is CCCCCCCCCCCCCCCCCC[N+](C)(C)CCS.[Cl-]. The highest BCUT2D eigenvalue weighted by atomic mass is 35.5.